The second-order valence-corrected chi connectivity index (χ2v) is 6.61. The lowest BCUT2D eigenvalue weighted by molar-refractivity contribution is 0.0608. The SMILES string of the molecule is C#Cc1ccc2c3c(ccc(NCCCC)c13)C(=O)N(CCCC)C2=O. The van der Waals surface area contributed by atoms with Crippen LogP contribution in [0.25, 0.3) is 10.8 Å². The summed E-state index contributed by atoms with van der Waals surface area (Å²) in [6.45, 7) is 5.45. The van der Waals surface area contributed by atoms with Gasteiger partial charge in [-0.15, -0.1) is 6.42 Å². The predicted octanol–water partition coefficient (Wildman–Crippen LogP) is 4.43. The molecule has 1 aliphatic rings. The summed E-state index contributed by atoms with van der Waals surface area (Å²) in [4.78, 5) is 27.2. The lowest BCUT2D eigenvalue weighted by atomic mass is 9.90. The van der Waals surface area contributed by atoms with Crippen LogP contribution in [0.1, 0.15) is 65.8 Å². The average molecular weight is 348 g/mol. The lowest BCUT2D eigenvalue weighted by Gasteiger charge is -2.28. The monoisotopic (exact) mass is 348 g/mol. The smallest absolute Gasteiger partial charge is 0.261 e. The molecular formula is C22H24N2O2. The van der Waals surface area contributed by atoms with E-state index in [9.17, 15) is 9.59 Å². The zero-order valence-electron chi connectivity index (χ0n) is 15.4. The third-order valence-corrected chi connectivity index (χ3v) is 4.85. The van der Waals surface area contributed by atoms with Crippen LogP contribution in [0.3, 0.4) is 0 Å². The number of rotatable bonds is 7. The Labute approximate surface area is 154 Å². The van der Waals surface area contributed by atoms with E-state index in [-0.39, 0.29) is 11.8 Å². The van der Waals surface area contributed by atoms with Gasteiger partial charge < -0.3 is 5.32 Å². The summed E-state index contributed by atoms with van der Waals surface area (Å²) in [7, 11) is 0. The van der Waals surface area contributed by atoms with E-state index in [0.717, 1.165) is 43.3 Å². The van der Waals surface area contributed by atoms with Gasteiger partial charge in [0.05, 0.1) is 0 Å². The van der Waals surface area contributed by atoms with Crippen LogP contribution in [0, 0.1) is 12.3 Å². The van der Waals surface area contributed by atoms with Gasteiger partial charge in [-0.3, -0.25) is 14.5 Å². The van der Waals surface area contributed by atoms with Crippen LogP contribution < -0.4 is 5.32 Å². The Bertz CT molecular complexity index is 886. The minimum absolute atomic E-state index is 0.227. The van der Waals surface area contributed by atoms with Crippen molar-refractivity contribution in [2.45, 2.75) is 39.5 Å². The Hall–Kier alpha value is -2.80. The lowest BCUT2D eigenvalue weighted by Crippen LogP contribution is -2.41. The van der Waals surface area contributed by atoms with Crippen molar-refractivity contribution < 1.29 is 9.59 Å². The number of benzene rings is 2. The highest BCUT2D eigenvalue weighted by molar-refractivity contribution is 6.27. The number of hydrogen-bond donors (Lipinski definition) is 1. The summed E-state index contributed by atoms with van der Waals surface area (Å²) in [6, 6.07) is 7.28. The molecule has 0 saturated carbocycles. The molecule has 4 nitrogen and oxygen atoms in total. The third-order valence-electron chi connectivity index (χ3n) is 4.85. The summed E-state index contributed by atoms with van der Waals surface area (Å²) in [5, 5.41) is 4.90. The van der Waals surface area contributed by atoms with Crippen LogP contribution in [-0.2, 0) is 0 Å². The second-order valence-electron chi connectivity index (χ2n) is 6.61. The predicted molar refractivity (Wildman–Crippen MR) is 106 cm³/mol. The highest BCUT2D eigenvalue weighted by Gasteiger charge is 2.33. The van der Waals surface area contributed by atoms with E-state index in [1.807, 2.05) is 19.1 Å². The van der Waals surface area contributed by atoms with Gasteiger partial charge in [-0.2, -0.15) is 0 Å². The molecule has 0 unspecified atom stereocenters. The van der Waals surface area contributed by atoms with E-state index in [4.69, 9.17) is 6.42 Å². The van der Waals surface area contributed by atoms with Gasteiger partial charge in [-0.1, -0.05) is 32.6 Å². The van der Waals surface area contributed by atoms with E-state index >= 15 is 0 Å². The summed E-state index contributed by atoms with van der Waals surface area (Å²) in [5.41, 5.74) is 2.70. The van der Waals surface area contributed by atoms with Gasteiger partial charge in [0.25, 0.3) is 11.8 Å². The first-order valence-corrected chi connectivity index (χ1v) is 9.30. The Balaban J connectivity index is 2.18. The van der Waals surface area contributed by atoms with Crippen molar-refractivity contribution in [1.82, 2.24) is 4.90 Å². The largest absolute Gasteiger partial charge is 0.385 e. The number of terminal acetylenes is 1. The fraction of sp³-hybridized carbons (Fsp3) is 0.364. The molecule has 1 N–H and O–H groups in total. The Morgan fingerprint density at radius 2 is 1.62 bits per heavy atom. The fourth-order valence-corrected chi connectivity index (χ4v) is 3.42. The van der Waals surface area contributed by atoms with Crippen molar-refractivity contribution in [1.29, 1.82) is 0 Å². The van der Waals surface area contributed by atoms with Gasteiger partial charge in [0.2, 0.25) is 0 Å². The quantitative estimate of drug-likeness (QED) is 0.457. The van der Waals surface area contributed by atoms with Gasteiger partial charge in [0.1, 0.15) is 0 Å². The second kappa shape index (κ2) is 7.61. The number of amides is 2. The number of unbranched alkanes of at least 4 members (excludes halogenated alkanes) is 2. The summed E-state index contributed by atoms with van der Waals surface area (Å²) >= 11 is 0. The number of carbonyl (C=O) groups is 2. The number of hydrogen-bond acceptors (Lipinski definition) is 3. The zero-order valence-corrected chi connectivity index (χ0v) is 15.4. The molecular weight excluding hydrogens is 324 g/mol. The van der Waals surface area contributed by atoms with Crippen LogP contribution in [0.4, 0.5) is 5.69 Å². The van der Waals surface area contributed by atoms with Crippen molar-refractivity contribution in [2.75, 3.05) is 18.4 Å². The number of anilines is 1. The van der Waals surface area contributed by atoms with Crippen molar-refractivity contribution >= 4 is 28.3 Å². The molecule has 4 heteroatoms. The molecule has 0 aromatic heterocycles. The summed E-state index contributed by atoms with van der Waals surface area (Å²) in [5.74, 6) is 2.25. The number of nitrogens with zero attached hydrogens (tertiary/aromatic N) is 1. The van der Waals surface area contributed by atoms with Crippen molar-refractivity contribution in [3.63, 3.8) is 0 Å². The molecule has 3 rings (SSSR count). The molecule has 0 radical (unpaired) electrons. The van der Waals surface area contributed by atoms with E-state index in [1.54, 1.807) is 12.1 Å². The normalized spacial score (nSPS) is 13.2. The molecule has 2 aromatic rings. The van der Waals surface area contributed by atoms with Gasteiger partial charge in [0.15, 0.2) is 0 Å². The van der Waals surface area contributed by atoms with E-state index in [2.05, 4.69) is 18.2 Å². The van der Waals surface area contributed by atoms with Crippen molar-refractivity contribution in [3.05, 3.63) is 41.0 Å². The maximum atomic E-state index is 12.9. The van der Waals surface area contributed by atoms with Crippen molar-refractivity contribution in [3.8, 4) is 12.3 Å². The highest BCUT2D eigenvalue weighted by Crippen LogP contribution is 2.36. The molecule has 2 aromatic carbocycles. The number of imide groups is 1. The maximum absolute atomic E-state index is 12.9. The molecule has 0 saturated heterocycles. The minimum atomic E-state index is -0.227. The molecule has 0 fully saturated rings. The first-order chi connectivity index (χ1) is 12.6. The van der Waals surface area contributed by atoms with Gasteiger partial charge in [0, 0.05) is 46.2 Å². The third kappa shape index (κ3) is 2.94. The summed E-state index contributed by atoms with van der Waals surface area (Å²) in [6.07, 6.45) is 9.55. The first-order valence-electron chi connectivity index (χ1n) is 9.30. The fourth-order valence-electron chi connectivity index (χ4n) is 3.42. The first kappa shape index (κ1) is 18.0. The molecule has 2 amide bonds. The highest BCUT2D eigenvalue weighted by atomic mass is 16.2. The Morgan fingerprint density at radius 1 is 0.962 bits per heavy atom. The average Bonchev–Trinajstić information content (AvgIpc) is 2.66. The standard InChI is InChI=1S/C22H24N2O2/c1-4-7-13-23-18-12-11-17-20-16(10-9-15(6-3)19(18)20)21(25)24(22(17)26)14-8-5-2/h3,9-12,23H,4-5,7-8,13-14H2,1-2H3. The van der Waals surface area contributed by atoms with Crippen LogP contribution in [-0.4, -0.2) is 29.8 Å². The van der Waals surface area contributed by atoms with E-state index < -0.39 is 0 Å². The van der Waals surface area contributed by atoms with Crippen molar-refractivity contribution in [2.24, 2.45) is 0 Å². The van der Waals surface area contributed by atoms with Crippen LogP contribution in [0.15, 0.2) is 24.3 Å². The molecule has 0 atom stereocenters. The Kier molecular flexibility index (Phi) is 5.27. The number of nitrogens with one attached hydrogen (secondary N) is 1. The Morgan fingerprint density at radius 3 is 2.23 bits per heavy atom. The van der Waals surface area contributed by atoms with E-state index in [1.165, 1.54) is 4.90 Å². The maximum Gasteiger partial charge on any atom is 0.261 e. The van der Waals surface area contributed by atoms with Gasteiger partial charge in [-0.05, 0) is 37.1 Å². The molecule has 0 bridgehead atoms. The molecule has 1 heterocycles. The molecule has 134 valence electrons. The zero-order chi connectivity index (χ0) is 18.7. The number of carbonyl (C=O) groups excluding carboxylic acids is 2. The summed E-state index contributed by atoms with van der Waals surface area (Å²) < 4.78 is 0. The van der Waals surface area contributed by atoms with Crippen LogP contribution in [0.2, 0.25) is 0 Å². The molecule has 0 spiro atoms. The molecule has 1 aliphatic heterocycles. The van der Waals surface area contributed by atoms with Gasteiger partial charge in [-0.25, -0.2) is 0 Å². The van der Waals surface area contributed by atoms with Crippen LogP contribution in [0.5, 0.6) is 0 Å². The van der Waals surface area contributed by atoms with E-state index in [0.29, 0.717) is 28.6 Å². The van der Waals surface area contributed by atoms with Crippen LogP contribution >= 0.6 is 0 Å². The topological polar surface area (TPSA) is 49.4 Å². The molecule has 26 heavy (non-hydrogen) atoms. The minimum Gasteiger partial charge on any atom is -0.385 e. The van der Waals surface area contributed by atoms with Gasteiger partial charge >= 0.3 is 0 Å². The molecule has 0 aliphatic carbocycles.